The molecule has 3 heteroatoms. The van der Waals surface area contributed by atoms with Gasteiger partial charge in [0, 0.05) is 33.6 Å². The zero-order valence-corrected chi connectivity index (χ0v) is 29.1. The van der Waals surface area contributed by atoms with Crippen molar-refractivity contribution in [3.05, 3.63) is 187 Å². The zero-order chi connectivity index (χ0) is 35.0. The van der Waals surface area contributed by atoms with Crippen LogP contribution in [0.5, 0.6) is 0 Å². The summed E-state index contributed by atoms with van der Waals surface area (Å²) < 4.78 is 0. The summed E-state index contributed by atoms with van der Waals surface area (Å²) in [5, 5.41) is 4.97. The van der Waals surface area contributed by atoms with Crippen molar-refractivity contribution in [1.29, 1.82) is 0 Å². The summed E-state index contributed by atoms with van der Waals surface area (Å²) >= 11 is 0. The summed E-state index contributed by atoms with van der Waals surface area (Å²) in [7, 11) is 0. The van der Waals surface area contributed by atoms with Crippen molar-refractivity contribution in [2.45, 2.75) is 13.8 Å². The lowest BCUT2D eigenvalue weighted by atomic mass is 9.92. The minimum atomic E-state index is 0.701. The SMILES string of the molecule is Cc1ccc(-c2ccc(-c3cc(-c4ccc5ccc6ccccc6c5c4)cc(-c4cc(-c5ccccc5)nc(-c5ccccc5)n4)c3)cc2)c(C)n1. The zero-order valence-electron chi connectivity index (χ0n) is 29.1. The van der Waals surface area contributed by atoms with Crippen LogP contribution in [0.4, 0.5) is 0 Å². The quantitative estimate of drug-likeness (QED) is 0.166. The van der Waals surface area contributed by atoms with E-state index in [0.29, 0.717) is 5.82 Å². The summed E-state index contributed by atoms with van der Waals surface area (Å²) in [5.74, 6) is 0.701. The predicted molar refractivity (Wildman–Crippen MR) is 217 cm³/mol. The van der Waals surface area contributed by atoms with E-state index in [1.165, 1.54) is 21.5 Å². The van der Waals surface area contributed by atoms with Crippen LogP contribution >= 0.6 is 0 Å². The van der Waals surface area contributed by atoms with Gasteiger partial charge < -0.3 is 0 Å². The van der Waals surface area contributed by atoms with Crippen molar-refractivity contribution in [3.63, 3.8) is 0 Å². The molecule has 2 aromatic heterocycles. The van der Waals surface area contributed by atoms with Gasteiger partial charge in [-0.3, -0.25) is 4.98 Å². The molecule has 52 heavy (non-hydrogen) atoms. The molecule has 0 aliphatic heterocycles. The van der Waals surface area contributed by atoms with Gasteiger partial charge in [-0.25, -0.2) is 9.97 Å². The number of aromatic nitrogens is 3. The minimum Gasteiger partial charge on any atom is -0.258 e. The van der Waals surface area contributed by atoms with Gasteiger partial charge in [0.1, 0.15) is 0 Å². The number of hydrogen-bond acceptors (Lipinski definition) is 3. The largest absolute Gasteiger partial charge is 0.258 e. The third-order valence-electron chi connectivity index (χ3n) is 9.89. The van der Waals surface area contributed by atoms with Gasteiger partial charge in [-0.05, 0) is 99.6 Å². The van der Waals surface area contributed by atoms with Crippen LogP contribution in [0.25, 0.3) is 88.8 Å². The van der Waals surface area contributed by atoms with Crippen LogP contribution in [-0.4, -0.2) is 15.0 Å². The van der Waals surface area contributed by atoms with Crippen molar-refractivity contribution >= 4 is 21.5 Å². The molecule has 0 amide bonds. The molecule has 0 spiro atoms. The predicted octanol–water partition coefficient (Wildman–Crippen LogP) is 12.8. The normalized spacial score (nSPS) is 11.3. The van der Waals surface area contributed by atoms with Gasteiger partial charge in [-0.15, -0.1) is 0 Å². The highest BCUT2D eigenvalue weighted by Crippen LogP contribution is 2.37. The fourth-order valence-electron chi connectivity index (χ4n) is 7.19. The van der Waals surface area contributed by atoms with Crippen LogP contribution in [0.3, 0.4) is 0 Å². The van der Waals surface area contributed by atoms with E-state index in [4.69, 9.17) is 15.0 Å². The maximum absolute atomic E-state index is 5.21. The Hall–Kier alpha value is -6.71. The lowest BCUT2D eigenvalue weighted by Crippen LogP contribution is -1.96. The third kappa shape index (κ3) is 6.03. The number of fused-ring (bicyclic) bond motifs is 3. The van der Waals surface area contributed by atoms with E-state index >= 15 is 0 Å². The van der Waals surface area contributed by atoms with Gasteiger partial charge in [-0.2, -0.15) is 0 Å². The van der Waals surface area contributed by atoms with E-state index in [9.17, 15) is 0 Å². The fourth-order valence-corrected chi connectivity index (χ4v) is 7.19. The number of nitrogens with zero attached hydrogens (tertiary/aromatic N) is 3. The summed E-state index contributed by atoms with van der Waals surface area (Å²) in [5.41, 5.74) is 13.7. The van der Waals surface area contributed by atoms with Crippen LogP contribution in [0, 0.1) is 13.8 Å². The number of pyridine rings is 1. The van der Waals surface area contributed by atoms with E-state index < -0.39 is 0 Å². The highest BCUT2D eigenvalue weighted by molar-refractivity contribution is 6.08. The average Bonchev–Trinajstić information content (AvgIpc) is 3.21. The van der Waals surface area contributed by atoms with Gasteiger partial charge in [0.2, 0.25) is 0 Å². The molecule has 0 radical (unpaired) electrons. The van der Waals surface area contributed by atoms with E-state index in [1.807, 2.05) is 31.2 Å². The molecular formula is C49H35N3. The number of rotatable bonds is 6. The second kappa shape index (κ2) is 13.2. The molecule has 0 atom stereocenters. The minimum absolute atomic E-state index is 0.701. The van der Waals surface area contributed by atoms with E-state index in [2.05, 4.69) is 159 Å². The molecule has 3 nitrogen and oxygen atoms in total. The lowest BCUT2D eigenvalue weighted by molar-refractivity contribution is 1.13. The van der Waals surface area contributed by atoms with Gasteiger partial charge >= 0.3 is 0 Å². The van der Waals surface area contributed by atoms with Crippen molar-refractivity contribution in [1.82, 2.24) is 15.0 Å². The van der Waals surface area contributed by atoms with E-state index in [0.717, 1.165) is 72.8 Å². The topological polar surface area (TPSA) is 38.7 Å². The maximum atomic E-state index is 5.21. The standard InChI is InChI=1S/C49H35N3/c1-32-17-26-44(33(2)50-32)36-20-18-34(19-21-36)41-27-42(40-25-24-37-23-22-35-11-9-10-16-45(35)46(37)30-40)29-43(28-41)48-31-47(38-12-5-3-6-13-38)51-49(52-48)39-14-7-4-8-15-39/h3-31H,1-2H3. The molecule has 0 saturated heterocycles. The number of hydrogen-bond donors (Lipinski definition) is 0. The van der Waals surface area contributed by atoms with Crippen molar-refractivity contribution < 1.29 is 0 Å². The monoisotopic (exact) mass is 665 g/mol. The first-order chi connectivity index (χ1) is 25.6. The molecule has 7 aromatic carbocycles. The Morgan fingerprint density at radius 3 is 1.62 bits per heavy atom. The summed E-state index contributed by atoms with van der Waals surface area (Å²) in [6, 6.07) is 62.5. The molecule has 246 valence electrons. The van der Waals surface area contributed by atoms with Crippen molar-refractivity contribution in [3.8, 4) is 67.3 Å². The second-order valence-corrected chi connectivity index (χ2v) is 13.4. The molecule has 9 aromatic rings. The van der Waals surface area contributed by atoms with Crippen LogP contribution in [-0.2, 0) is 0 Å². The Labute approximate surface area is 304 Å². The smallest absolute Gasteiger partial charge is 0.160 e. The summed E-state index contributed by atoms with van der Waals surface area (Å²) in [6.07, 6.45) is 0. The van der Waals surface area contributed by atoms with Crippen molar-refractivity contribution in [2.24, 2.45) is 0 Å². The van der Waals surface area contributed by atoms with Crippen molar-refractivity contribution in [2.75, 3.05) is 0 Å². The Morgan fingerprint density at radius 1 is 0.327 bits per heavy atom. The first-order valence-corrected chi connectivity index (χ1v) is 17.7. The maximum Gasteiger partial charge on any atom is 0.160 e. The highest BCUT2D eigenvalue weighted by Gasteiger charge is 2.15. The Kier molecular flexibility index (Phi) is 7.94. The molecular weight excluding hydrogens is 631 g/mol. The molecule has 0 bridgehead atoms. The number of benzene rings is 7. The lowest BCUT2D eigenvalue weighted by Gasteiger charge is -2.14. The molecule has 9 rings (SSSR count). The first-order valence-electron chi connectivity index (χ1n) is 17.7. The van der Waals surface area contributed by atoms with Gasteiger partial charge in [0.15, 0.2) is 5.82 Å². The molecule has 0 unspecified atom stereocenters. The molecule has 0 aliphatic rings. The van der Waals surface area contributed by atoms with Gasteiger partial charge in [0.25, 0.3) is 0 Å². The van der Waals surface area contributed by atoms with E-state index in [-0.39, 0.29) is 0 Å². The molecule has 0 N–H and O–H groups in total. The Balaban J connectivity index is 1.24. The van der Waals surface area contributed by atoms with Crippen LogP contribution in [0.1, 0.15) is 11.4 Å². The van der Waals surface area contributed by atoms with Crippen LogP contribution < -0.4 is 0 Å². The molecule has 0 aliphatic carbocycles. The van der Waals surface area contributed by atoms with E-state index in [1.54, 1.807) is 0 Å². The molecule has 0 saturated carbocycles. The summed E-state index contributed by atoms with van der Waals surface area (Å²) in [6.45, 7) is 4.11. The highest BCUT2D eigenvalue weighted by atomic mass is 14.9. The average molecular weight is 666 g/mol. The van der Waals surface area contributed by atoms with Crippen LogP contribution in [0.2, 0.25) is 0 Å². The second-order valence-electron chi connectivity index (χ2n) is 13.4. The van der Waals surface area contributed by atoms with Crippen LogP contribution in [0.15, 0.2) is 176 Å². The summed E-state index contributed by atoms with van der Waals surface area (Å²) in [4.78, 5) is 15.0. The Bertz CT molecular complexity index is 2680. The third-order valence-corrected chi connectivity index (χ3v) is 9.89. The molecule has 2 heterocycles. The number of aryl methyl sites for hydroxylation is 2. The van der Waals surface area contributed by atoms with Gasteiger partial charge in [0.05, 0.1) is 11.4 Å². The first kappa shape index (κ1) is 31.3. The molecule has 0 fully saturated rings. The Morgan fingerprint density at radius 2 is 0.885 bits per heavy atom. The van der Waals surface area contributed by atoms with Gasteiger partial charge in [-0.1, -0.05) is 140 Å². The fraction of sp³-hybridized carbons (Fsp3) is 0.0408.